The molecule has 1 fully saturated rings. The molecule has 180 valence electrons. The van der Waals surface area contributed by atoms with Crippen LogP contribution >= 0.6 is 0 Å². The summed E-state index contributed by atoms with van der Waals surface area (Å²) in [5.74, 6) is -0.203. The number of aromatic nitrogens is 4. The molecule has 2 aromatic rings. The fourth-order valence-electron chi connectivity index (χ4n) is 3.32. The first-order valence-electron chi connectivity index (χ1n) is 11.0. The highest BCUT2D eigenvalue weighted by Gasteiger charge is 2.30. The van der Waals surface area contributed by atoms with E-state index in [0.29, 0.717) is 32.3 Å². The van der Waals surface area contributed by atoms with Crippen molar-refractivity contribution in [3.05, 3.63) is 12.4 Å². The summed E-state index contributed by atoms with van der Waals surface area (Å²) in [5.41, 5.74) is 0.516. The third-order valence-corrected chi connectivity index (χ3v) is 4.87. The summed E-state index contributed by atoms with van der Waals surface area (Å²) in [5, 5.41) is 2.63. The van der Waals surface area contributed by atoms with Gasteiger partial charge in [0.25, 0.3) is 0 Å². The van der Waals surface area contributed by atoms with E-state index in [9.17, 15) is 14.0 Å². The molecule has 3 rings (SSSR count). The van der Waals surface area contributed by atoms with Crippen LogP contribution < -0.4 is 5.32 Å². The maximum absolute atomic E-state index is 14.1. The van der Waals surface area contributed by atoms with Crippen LogP contribution in [0.2, 0.25) is 0 Å². The van der Waals surface area contributed by atoms with E-state index < -0.39 is 18.5 Å². The SMILES string of the molecule is C#C.CCCCCC(=O)Nc1nc(F)nc2c1ncn2C1CCC(COC(=O)OCCC)O1. The summed E-state index contributed by atoms with van der Waals surface area (Å²) in [6.45, 7) is 4.31. The normalized spacial score (nSPS) is 17.2. The summed E-state index contributed by atoms with van der Waals surface area (Å²) in [6.07, 6.45) is 12.0. The highest BCUT2D eigenvalue weighted by atomic mass is 19.1. The van der Waals surface area contributed by atoms with E-state index in [4.69, 9.17) is 14.2 Å². The lowest BCUT2D eigenvalue weighted by molar-refractivity contribution is -0.116. The zero-order valence-corrected chi connectivity index (χ0v) is 19.0. The third-order valence-electron chi connectivity index (χ3n) is 4.87. The van der Waals surface area contributed by atoms with Crippen LogP contribution in [0, 0.1) is 18.9 Å². The van der Waals surface area contributed by atoms with Crippen molar-refractivity contribution in [2.24, 2.45) is 0 Å². The lowest BCUT2D eigenvalue weighted by atomic mass is 10.2. The Balaban J connectivity index is 0.00000187. The molecule has 11 heteroatoms. The molecule has 0 bridgehead atoms. The maximum Gasteiger partial charge on any atom is 0.508 e. The molecule has 0 aliphatic carbocycles. The Morgan fingerprint density at radius 3 is 2.73 bits per heavy atom. The van der Waals surface area contributed by atoms with Gasteiger partial charge in [-0.2, -0.15) is 14.4 Å². The molecule has 2 unspecified atom stereocenters. The van der Waals surface area contributed by atoms with Gasteiger partial charge >= 0.3 is 12.2 Å². The van der Waals surface area contributed by atoms with Crippen LogP contribution in [0.15, 0.2) is 6.33 Å². The number of halogens is 1. The fraction of sp³-hybridized carbons (Fsp3) is 0.591. The van der Waals surface area contributed by atoms with Crippen molar-refractivity contribution in [2.45, 2.75) is 71.1 Å². The molecular formula is C22H30FN5O5. The van der Waals surface area contributed by atoms with Gasteiger partial charge in [0.15, 0.2) is 17.0 Å². The van der Waals surface area contributed by atoms with Gasteiger partial charge in [-0.15, -0.1) is 12.8 Å². The number of imidazole rings is 1. The first-order chi connectivity index (χ1) is 16.0. The molecule has 10 nitrogen and oxygen atoms in total. The summed E-state index contributed by atoms with van der Waals surface area (Å²) < 4.78 is 31.5. The lowest BCUT2D eigenvalue weighted by Crippen LogP contribution is -2.20. The average Bonchev–Trinajstić information content (AvgIpc) is 3.44. The predicted octanol–water partition coefficient (Wildman–Crippen LogP) is 3.97. The largest absolute Gasteiger partial charge is 0.508 e. The number of hydrogen-bond acceptors (Lipinski definition) is 8. The van der Waals surface area contributed by atoms with Gasteiger partial charge in [-0.25, -0.2) is 9.78 Å². The Kier molecular flexibility index (Phi) is 10.5. The Bertz CT molecular complexity index is 948. The number of carbonyl (C=O) groups excluding carboxylic acids is 2. The molecule has 0 saturated carbocycles. The Labute approximate surface area is 192 Å². The number of unbranched alkanes of at least 4 members (excludes halogenated alkanes) is 2. The number of carbonyl (C=O) groups is 2. The smallest absolute Gasteiger partial charge is 0.434 e. The highest BCUT2D eigenvalue weighted by Crippen LogP contribution is 2.31. The topological polar surface area (TPSA) is 117 Å². The summed E-state index contributed by atoms with van der Waals surface area (Å²) in [7, 11) is 0. The summed E-state index contributed by atoms with van der Waals surface area (Å²) in [6, 6.07) is 0. The molecule has 1 N–H and O–H groups in total. The van der Waals surface area contributed by atoms with Crippen LogP contribution in [0.5, 0.6) is 0 Å². The molecule has 2 atom stereocenters. The van der Waals surface area contributed by atoms with E-state index in [2.05, 4.69) is 33.1 Å². The highest BCUT2D eigenvalue weighted by molar-refractivity contribution is 5.96. The zero-order chi connectivity index (χ0) is 24.2. The van der Waals surface area contributed by atoms with Crippen molar-refractivity contribution in [2.75, 3.05) is 18.5 Å². The monoisotopic (exact) mass is 463 g/mol. The van der Waals surface area contributed by atoms with Crippen molar-refractivity contribution in [3.63, 3.8) is 0 Å². The van der Waals surface area contributed by atoms with Crippen LogP contribution in [-0.2, 0) is 19.0 Å². The van der Waals surface area contributed by atoms with Crippen LogP contribution in [0.25, 0.3) is 11.2 Å². The standard InChI is InChI=1S/C20H28FN5O5.C2H2/c1-3-5-6-7-14(27)23-17-16-18(25-19(21)24-17)26(12-22-16)15-9-8-13(31-15)11-30-20(28)29-10-4-2;1-2/h12-13,15H,3-11H2,1-2H3,(H,23,24,25,27);1-2H. The third kappa shape index (κ3) is 7.39. The Morgan fingerprint density at radius 2 is 2.00 bits per heavy atom. The minimum absolute atomic E-state index is 0.0410. The van der Waals surface area contributed by atoms with Gasteiger partial charge in [0.2, 0.25) is 5.91 Å². The van der Waals surface area contributed by atoms with E-state index in [1.165, 1.54) is 6.33 Å². The molecular weight excluding hydrogens is 433 g/mol. The second-order valence-corrected chi connectivity index (χ2v) is 7.37. The molecule has 3 heterocycles. The summed E-state index contributed by atoms with van der Waals surface area (Å²) in [4.78, 5) is 35.4. The minimum atomic E-state index is -0.963. The average molecular weight is 464 g/mol. The molecule has 1 aliphatic rings. The Morgan fingerprint density at radius 1 is 1.21 bits per heavy atom. The van der Waals surface area contributed by atoms with Gasteiger partial charge in [0, 0.05) is 6.42 Å². The molecule has 0 spiro atoms. The fourth-order valence-corrected chi connectivity index (χ4v) is 3.32. The number of fused-ring (bicyclic) bond motifs is 1. The predicted molar refractivity (Wildman–Crippen MR) is 119 cm³/mol. The first-order valence-corrected chi connectivity index (χ1v) is 11.0. The molecule has 1 saturated heterocycles. The van der Waals surface area contributed by atoms with Crippen LogP contribution in [0.3, 0.4) is 0 Å². The molecule has 0 radical (unpaired) electrons. The van der Waals surface area contributed by atoms with E-state index in [0.717, 1.165) is 19.3 Å². The number of rotatable bonds is 10. The zero-order valence-electron chi connectivity index (χ0n) is 19.0. The van der Waals surface area contributed by atoms with Crippen LogP contribution in [0.4, 0.5) is 15.0 Å². The van der Waals surface area contributed by atoms with Crippen molar-refractivity contribution in [1.82, 2.24) is 19.5 Å². The minimum Gasteiger partial charge on any atom is -0.434 e. The van der Waals surface area contributed by atoms with E-state index in [1.807, 2.05) is 13.8 Å². The van der Waals surface area contributed by atoms with Gasteiger partial charge < -0.3 is 19.5 Å². The van der Waals surface area contributed by atoms with Gasteiger partial charge in [0.05, 0.1) is 19.0 Å². The van der Waals surface area contributed by atoms with Gasteiger partial charge in [-0.05, 0) is 25.7 Å². The quantitative estimate of drug-likeness (QED) is 0.243. The lowest BCUT2D eigenvalue weighted by Gasteiger charge is -2.15. The van der Waals surface area contributed by atoms with Crippen molar-refractivity contribution in [3.8, 4) is 12.8 Å². The Hall–Kier alpha value is -3.26. The van der Waals surface area contributed by atoms with E-state index >= 15 is 0 Å². The van der Waals surface area contributed by atoms with Gasteiger partial charge in [-0.1, -0.05) is 26.7 Å². The summed E-state index contributed by atoms with van der Waals surface area (Å²) >= 11 is 0. The number of amides is 1. The van der Waals surface area contributed by atoms with Crippen molar-refractivity contribution < 1.29 is 28.2 Å². The first kappa shape index (κ1) is 26.0. The second kappa shape index (κ2) is 13.3. The molecule has 33 heavy (non-hydrogen) atoms. The van der Waals surface area contributed by atoms with E-state index in [-0.39, 0.29) is 35.6 Å². The van der Waals surface area contributed by atoms with Gasteiger partial charge in [0.1, 0.15) is 12.8 Å². The second-order valence-electron chi connectivity index (χ2n) is 7.37. The van der Waals surface area contributed by atoms with Crippen LogP contribution in [-0.4, -0.2) is 50.9 Å². The number of terminal acetylenes is 1. The number of nitrogens with zero attached hydrogens (tertiary/aromatic N) is 4. The van der Waals surface area contributed by atoms with Crippen LogP contribution in [0.1, 0.15) is 65.0 Å². The van der Waals surface area contributed by atoms with Crippen molar-refractivity contribution in [1.29, 1.82) is 0 Å². The van der Waals surface area contributed by atoms with Crippen molar-refractivity contribution >= 4 is 29.0 Å². The molecule has 2 aromatic heterocycles. The molecule has 1 amide bonds. The molecule has 0 aromatic carbocycles. The van der Waals surface area contributed by atoms with E-state index in [1.54, 1.807) is 4.57 Å². The number of ether oxygens (including phenoxy) is 3. The molecule has 1 aliphatic heterocycles. The van der Waals surface area contributed by atoms with Gasteiger partial charge in [-0.3, -0.25) is 9.36 Å². The maximum atomic E-state index is 14.1. The number of nitrogens with one attached hydrogen (secondary N) is 1. The number of hydrogen-bond donors (Lipinski definition) is 1. The number of anilines is 1.